The number of hydrogen-bond acceptors (Lipinski definition) is 2. The summed E-state index contributed by atoms with van der Waals surface area (Å²) in [5.41, 5.74) is -0.907. The van der Waals surface area contributed by atoms with Crippen molar-refractivity contribution in [2.24, 2.45) is 0 Å². The predicted molar refractivity (Wildman–Crippen MR) is 47.3 cm³/mol. The summed E-state index contributed by atoms with van der Waals surface area (Å²) in [5, 5.41) is 9.03. The Morgan fingerprint density at radius 1 is 1.54 bits per heavy atom. The molecule has 13 heavy (non-hydrogen) atoms. The molecule has 1 aliphatic rings. The molecule has 0 aromatic carbocycles. The van der Waals surface area contributed by atoms with E-state index < -0.39 is 11.5 Å². The summed E-state index contributed by atoms with van der Waals surface area (Å²) in [7, 11) is 0. The van der Waals surface area contributed by atoms with E-state index >= 15 is 0 Å². The quantitative estimate of drug-likeness (QED) is 0.661. The van der Waals surface area contributed by atoms with Crippen LogP contribution in [-0.4, -0.2) is 34.0 Å². The van der Waals surface area contributed by atoms with Crippen molar-refractivity contribution < 1.29 is 14.7 Å². The third-order valence-corrected chi connectivity index (χ3v) is 2.74. The number of rotatable bonds is 4. The first-order valence-electron chi connectivity index (χ1n) is 4.52. The molecule has 0 saturated heterocycles. The van der Waals surface area contributed by atoms with Crippen LogP contribution in [0.25, 0.3) is 0 Å². The van der Waals surface area contributed by atoms with Crippen molar-refractivity contribution in [2.75, 3.05) is 0 Å². The molecule has 0 bridgehead atoms. The maximum absolute atomic E-state index is 11.0. The van der Waals surface area contributed by atoms with Crippen LogP contribution < -0.4 is 0 Å². The Balaban J connectivity index is 2.85. The number of hydrogen-bond donors (Lipinski definition) is 1. The molecule has 4 nitrogen and oxygen atoms in total. The van der Waals surface area contributed by atoms with Crippen LogP contribution in [0.2, 0.25) is 0 Å². The highest BCUT2D eigenvalue weighted by molar-refractivity contribution is 5.82. The van der Waals surface area contributed by atoms with Gasteiger partial charge in [0, 0.05) is 6.04 Å². The van der Waals surface area contributed by atoms with E-state index in [-0.39, 0.29) is 6.04 Å². The monoisotopic (exact) mass is 185 g/mol. The van der Waals surface area contributed by atoms with E-state index in [1.165, 1.54) is 4.90 Å². The molecule has 0 atom stereocenters. The van der Waals surface area contributed by atoms with Crippen molar-refractivity contribution in [1.29, 1.82) is 0 Å². The van der Waals surface area contributed by atoms with Gasteiger partial charge in [-0.25, -0.2) is 4.79 Å². The lowest BCUT2D eigenvalue weighted by Crippen LogP contribution is -2.60. The van der Waals surface area contributed by atoms with E-state index in [0.717, 1.165) is 6.42 Å². The zero-order valence-corrected chi connectivity index (χ0v) is 7.99. The molecule has 0 aromatic rings. The minimum absolute atomic E-state index is 0.0473. The summed E-state index contributed by atoms with van der Waals surface area (Å²) in [6, 6.07) is -0.0473. The van der Waals surface area contributed by atoms with Crippen molar-refractivity contribution in [1.82, 2.24) is 4.90 Å². The van der Waals surface area contributed by atoms with E-state index in [2.05, 4.69) is 0 Å². The number of aliphatic carboxylic acids is 1. The molecule has 0 unspecified atom stereocenters. The van der Waals surface area contributed by atoms with Crippen LogP contribution in [-0.2, 0) is 9.59 Å². The summed E-state index contributed by atoms with van der Waals surface area (Å²) in [5.74, 6) is -0.875. The number of carbonyl (C=O) groups excluding carboxylic acids is 1. The lowest BCUT2D eigenvalue weighted by molar-refractivity contribution is -0.164. The molecule has 74 valence electrons. The highest BCUT2D eigenvalue weighted by Crippen LogP contribution is 2.38. The Kier molecular flexibility index (Phi) is 2.59. The van der Waals surface area contributed by atoms with Crippen LogP contribution in [0.5, 0.6) is 0 Å². The Morgan fingerprint density at radius 3 is 2.15 bits per heavy atom. The van der Waals surface area contributed by atoms with Gasteiger partial charge in [0.25, 0.3) is 0 Å². The molecular weight excluding hydrogens is 170 g/mol. The molecule has 1 rings (SSSR count). The van der Waals surface area contributed by atoms with E-state index in [1.807, 2.05) is 13.8 Å². The molecule has 1 N–H and O–H groups in total. The molecule has 0 spiro atoms. The van der Waals surface area contributed by atoms with Crippen molar-refractivity contribution >= 4 is 12.4 Å². The topological polar surface area (TPSA) is 57.6 Å². The van der Waals surface area contributed by atoms with Crippen LogP contribution >= 0.6 is 0 Å². The summed E-state index contributed by atoms with van der Waals surface area (Å²) in [6.07, 6.45) is 2.71. The number of carboxylic acid groups (broad SMARTS) is 1. The van der Waals surface area contributed by atoms with Gasteiger partial charge in [-0.05, 0) is 33.1 Å². The van der Waals surface area contributed by atoms with Crippen LogP contribution in [0.4, 0.5) is 0 Å². The molecule has 1 aliphatic carbocycles. The van der Waals surface area contributed by atoms with Crippen LogP contribution in [0, 0.1) is 0 Å². The molecule has 4 heteroatoms. The summed E-state index contributed by atoms with van der Waals surface area (Å²) in [4.78, 5) is 23.2. The van der Waals surface area contributed by atoms with Crippen molar-refractivity contribution in [2.45, 2.75) is 44.7 Å². The molecule has 0 aliphatic heterocycles. The maximum Gasteiger partial charge on any atom is 0.329 e. The molecule has 1 saturated carbocycles. The maximum atomic E-state index is 11.0. The predicted octanol–water partition coefficient (Wildman–Crippen LogP) is 0.860. The Labute approximate surface area is 77.5 Å². The van der Waals surface area contributed by atoms with Gasteiger partial charge in [-0.3, -0.25) is 4.79 Å². The average molecular weight is 185 g/mol. The molecule has 0 heterocycles. The lowest BCUT2D eigenvalue weighted by atomic mass is 9.75. The second-order valence-electron chi connectivity index (χ2n) is 3.80. The highest BCUT2D eigenvalue weighted by atomic mass is 16.4. The third kappa shape index (κ3) is 1.41. The second-order valence-corrected chi connectivity index (χ2v) is 3.80. The third-order valence-electron chi connectivity index (χ3n) is 2.74. The van der Waals surface area contributed by atoms with Gasteiger partial charge < -0.3 is 10.0 Å². The normalized spacial score (nSPS) is 19.3. The fourth-order valence-corrected chi connectivity index (χ4v) is 1.81. The van der Waals surface area contributed by atoms with Gasteiger partial charge in [-0.15, -0.1) is 0 Å². The molecule has 0 aromatic heterocycles. The fourth-order valence-electron chi connectivity index (χ4n) is 1.81. The molecule has 0 radical (unpaired) electrons. The van der Waals surface area contributed by atoms with Gasteiger partial charge in [-0.2, -0.15) is 0 Å². The Hall–Kier alpha value is -1.06. The van der Waals surface area contributed by atoms with Crippen molar-refractivity contribution in [3.05, 3.63) is 0 Å². The SMILES string of the molecule is CC(C)N(C=O)C1(C(=O)O)CCC1. The number of carbonyl (C=O) groups is 2. The first-order chi connectivity index (χ1) is 6.04. The standard InChI is InChI=1S/C9H15NO3/c1-7(2)10(6-11)9(8(12)13)4-3-5-9/h6-7H,3-5H2,1-2H3,(H,12,13). The van der Waals surface area contributed by atoms with E-state index in [9.17, 15) is 9.59 Å². The lowest BCUT2D eigenvalue weighted by Gasteiger charge is -2.46. The number of amides is 1. The Bertz CT molecular complexity index is 221. The van der Waals surface area contributed by atoms with E-state index in [4.69, 9.17) is 5.11 Å². The minimum Gasteiger partial charge on any atom is -0.479 e. The molecule has 1 fully saturated rings. The molecule has 1 amide bonds. The van der Waals surface area contributed by atoms with Gasteiger partial charge >= 0.3 is 5.97 Å². The van der Waals surface area contributed by atoms with Gasteiger partial charge in [0.15, 0.2) is 0 Å². The smallest absolute Gasteiger partial charge is 0.329 e. The fraction of sp³-hybridized carbons (Fsp3) is 0.778. The van der Waals surface area contributed by atoms with Gasteiger partial charge in [-0.1, -0.05) is 0 Å². The van der Waals surface area contributed by atoms with Gasteiger partial charge in [0.1, 0.15) is 5.54 Å². The number of nitrogens with zero attached hydrogens (tertiary/aromatic N) is 1. The summed E-state index contributed by atoms with van der Waals surface area (Å²) >= 11 is 0. The number of carboxylic acids is 1. The average Bonchev–Trinajstić information content (AvgIpc) is 1.94. The van der Waals surface area contributed by atoms with Crippen LogP contribution in [0.1, 0.15) is 33.1 Å². The van der Waals surface area contributed by atoms with Crippen molar-refractivity contribution in [3.63, 3.8) is 0 Å². The van der Waals surface area contributed by atoms with Gasteiger partial charge in [0.2, 0.25) is 6.41 Å². The van der Waals surface area contributed by atoms with Crippen LogP contribution in [0.3, 0.4) is 0 Å². The largest absolute Gasteiger partial charge is 0.479 e. The second kappa shape index (κ2) is 3.36. The first-order valence-corrected chi connectivity index (χ1v) is 4.52. The Morgan fingerprint density at radius 2 is 2.08 bits per heavy atom. The van der Waals surface area contributed by atoms with Crippen molar-refractivity contribution in [3.8, 4) is 0 Å². The highest BCUT2D eigenvalue weighted by Gasteiger charge is 2.49. The molecular formula is C9H15NO3. The van der Waals surface area contributed by atoms with Gasteiger partial charge in [0.05, 0.1) is 0 Å². The summed E-state index contributed by atoms with van der Waals surface area (Å²) < 4.78 is 0. The summed E-state index contributed by atoms with van der Waals surface area (Å²) in [6.45, 7) is 3.66. The minimum atomic E-state index is -0.907. The van der Waals surface area contributed by atoms with E-state index in [0.29, 0.717) is 19.3 Å². The zero-order valence-electron chi connectivity index (χ0n) is 7.99. The first kappa shape index (κ1) is 10.0. The zero-order chi connectivity index (χ0) is 10.1. The van der Waals surface area contributed by atoms with E-state index in [1.54, 1.807) is 0 Å². The van der Waals surface area contributed by atoms with Crippen LogP contribution in [0.15, 0.2) is 0 Å².